The van der Waals surface area contributed by atoms with Gasteiger partial charge in [-0.15, -0.1) is 0 Å². The van der Waals surface area contributed by atoms with E-state index in [9.17, 15) is 5.11 Å². The van der Waals surface area contributed by atoms with Gasteiger partial charge in [-0.05, 0) is 44.2 Å². The number of nitrogens with zero attached hydrogens (tertiary/aromatic N) is 1. The maximum absolute atomic E-state index is 9.75. The fourth-order valence-corrected chi connectivity index (χ4v) is 3.26. The van der Waals surface area contributed by atoms with Gasteiger partial charge in [-0.3, -0.25) is 4.90 Å². The van der Waals surface area contributed by atoms with Crippen LogP contribution in [0.25, 0.3) is 0 Å². The third-order valence-corrected chi connectivity index (χ3v) is 4.07. The summed E-state index contributed by atoms with van der Waals surface area (Å²) in [5.74, 6) is 0. The molecule has 2 fully saturated rings. The topological polar surface area (TPSA) is 35.5 Å². The molecule has 17 heavy (non-hydrogen) atoms. The summed E-state index contributed by atoms with van der Waals surface area (Å²) < 4.78 is 0. The van der Waals surface area contributed by atoms with E-state index >= 15 is 0 Å². The number of nitrogens with one attached hydrogen (secondary N) is 1. The number of aliphatic hydroxyl groups excluding tert-OH is 1. The van der Waals surface area contributed by atoms with Gasteiger partial charge < -0.3 is 10.4 Å². The predicted molar refractivity (Wildman–Crippen MR) is 71.1 cm³/mol. The summed E-state index contributed by atoms with van der Waals surface area (Å²) in [6.07, 6.45) is 5.57. The van der Waals surface area contributed by atoms with Crippen LogP contribution in [0.5, 0.6) is 0 Å². The molecular weight excluding hydrogens is 212 g/mol. The van der Waals surface area contributed by atoms with E-state index in [0.29, 0.717) is 12.1 Å². The van der Waals surface area contributed by atoms with Crippen LogP contribution in [0.1, 0.15) is 39.0 Å². The first-order valence-electron chi connectivity index (χ1n) is 7.02. The van der Waals surface area contributed by atoms with Gasteiger partial charge in [0.2, 0.25) is 0 Å². The van der Waals surface area contributed by atoms with E-state index in [-0.39, 0.29) is 6.10 Å². The third kappa shape index (κ3) is 3.30. The van der Waals surface area contributed by atoms with Crippen molar-refractivity contribution in [3.05, 3.63) is 12.2 Å². The summed E-state index contributed by atoms with van der Waals surface area (Å²) in [4.78, 5) is 2.57. The van der Waals surface area contributed by atoms with Crippen molar-refractivity contribution in [2.45, 2.75) is 57.2 Å². The monoisotopic (exact) mass is 238 g/mol. The molecule has 3 nitrogen and oxygen atoms in total. The highest BCUT2D eigenvalue weighted by atomic mass is 16.3. The number of hydrogen-bond donors (Lipinski definition) is 2. The highest BCUT2D eigenvalue weighted by Gasteiger charge is 2.39. The van der Waals surface area contributed by atoms with Crippen LogP contribution in [0, 0.1) is 0 Å². The fraction of sp³-hybridized carbons (Fsp3) is 0.857. The Hall–Kier alpha value is -0.380. The first-order valence-corrected chi connectivity index (χ1v) is 7.02. The lowest BCUT2D eigenvalue weighted by Crippen LogP contribution is -2.46. The van der Waals surface area contributed by atoms with Crippen molar-refractivity contribution in [1.82, 2.24) is 10.2 Å². The number of hydrogen-bond acceptors (Lipinski definition) is 3. The van der Waals surface area contributed by atoms with Crippen LogP contribution in [0.3, 0.4) is 0 Å². The molecule has 0 radical (unpaired) electrons. The van der Waals surface area contributed by atoms with Crippen molar-refractivity contribution in [2.24, 2.45) is 0 Å². The molecule has 2 aliphatic heterocycles. The van der Waals surface area contributed by atoms with Gasteiger partial charge in [0.1, 0.15) is 0 Å². The first-order chi connectivity index (χ1) is 8.20. The Morgan fingerprint density at radius 1 is 1.35 bits per heavy atom. The second kappa shape index (κ2) is 5.98. The second-order valence-corrected chi connectivity index (χ2v) is 5.61. The zero-order chi connectivity index (χ0) is 12.3. The normalized spacial score (nSPS) is 32.9. The molecule has 2 saturated heterocycles. The molecule has 2 aliphatic rings. The van der Waals surface area contributed by atoms with Gasteiger partial charge in [0.05, 0.1) is 6.10 Å². The smallest absolute Gasteiger partial charge is 0.0570 e. The van der Waals surface area contributed by atoms with Gasteiger partial charge >= 0.3 is 0 Å². The predicted octanol–water partition coefficient (Wildman–Crippen LogP) is 1.53. The Labute approximate surface area is 105 Å². The molecule has 2 bridgehead atoms. The Morgan fingerprint density at radius 2 is 2.00 bits per heavy atom. The van der Waals surface area contributed by atoms with Crippen LogP contribution in [0.15, 0.2) is 12.2 Å². The molecule has 2 atom stereocenters. The first kappa shape index (κ1) is 13.1. The van der Waals surface area contributed by atoms with E-state index in [0.717, 1.165) is 32.5 Å². The minimum atomic E-state index is -0.0600. The zero-order valence-electron chi connectivity index (χ0n) is 11.0. The molecule has 2 rings (SSSR count). The van der Waals surface area contributed by atoms with Crippen molar-refractivity contribution in [2.75, 3.05) is 19.6 Å². The number of rotatable bonds is 6. The molecule has 2 N–H and O–H groups in total. The van der Waals surface area contributed by atoms with E-state index in [1.165, 1.54) is 24.8 Å². The molecule has 0 aromatic heterocycles. The maximum Gasteiger partial charge on any atom is 0.0570 e. The highest BCUT2D eigenvalue weighted by Crippen LogP contribution is 2.35. The van der Waals surface area contributed by atoms with Gasteiger partial charge in [0, 0.05) is 25.2 Å². The molecule has 2 heterocycles. The second-order valence-electron chi connectivity index (χ2n) is 5.61. The van der Waals surface area contributed by atoms with Crippen molar-refractivity contribution < 1.29 is 5.11 Å². The van der Waals surface area contributed by atoms with Gasteiger partial charge in [-0.2, -0.15) is 0 Å². The molecule has 98 valence electrons. The molecule has 0 aromatic carbocycles. The van der Waals surface area contributed by atoms with Crippen molar-refractivity contribution in [3.8, 4) is 0 Å². The average molecular weight is 238 g/mol. The van der Waals surface area contributed by atoms with Gasteiger partial charge in [0.25, 0.3) is 0 Å². The van der Waals surface area contributed by atoms with E-state index < -0.39 is 0 Å². The Bertz CT molecular complexity index is 253. The summed E-state index contributed by atoms with van der Waals surface area (Å²) in [6.45, 7) is 9.38. The quantitative estimate of drug-likeness (QED) is 0.544. The molecule has 2 unspecified atom stereocenters. The summed E-state index contributed by atoms with van der Waals surface area (Å²) in [7, 11) is 0. The van der Waals surface area contributed by atoms with E-state index in [4.69, 9.17) is 0 Å². The lowest BCUT2D eigenvalue weighted by atomic mass is 9.99. The summed E-state index contributed by atoms with van der Waals surface area (Å²) in [6, 6.07) is 1.21. The van der Waals surface area contributed by atoms with Crippen LogP contribution in [0.2, 0.25) is 0 Å². The number of fused-ring (bicyclic) bond motifs is 2. The van der Waals surface area contributed by atoms with Gasteiger partial charge in [-0.25, -0.2) is 0 Å². The number of piperidine rings is 1. The third-order valence-electron chi connectivity index (χ3n) is 4.07. The van der Waals surface area contributed by atoms with Gasteiger partial charge in [-0.1, -0.05) is 13.5 Å². The average Bonchev–Trinajstić information content (AvgIpc) is 2.53. The molecule has 0 saturated carbocycles. The Balaban J connectivity index is 1.77. The minimum absolute atomic E-state index is 0.0600. The lowest BCUT2D eigenvalue weighted by molar-refractivity contribution is 0.0406. The highest BCUT2D eigenvalue weighted by molar-refractivity contribution is 5.05. The van der Waals surface area contributed by atoms with Crippen LogP contribution in [0.4, 0.5) is 0 Å². The summed E-state index contributed by atoms with van der Waals surface area (Å²) >= 11 is 0. The Morgan fingerprint density at radius 3 is 2.59 bits per heavy atom. The van der Waals surface area contributed by atoms with Crippen molar-refractivity contribution >= 4 is 0 Å². The molecule has 0 spiro atoms. The lowest BCUT2D eigenvalue weighted by Gasteiger charge is -2.37. The van der Waals surface area contributed by atoms with E-state index in [1.807, 2.05) is 0 Å². The van der Waals surface area contributed by atoms with Gasteiger partial charge in [0.15, 0.2) is 0 Å². The molecule has 0 amide bonds. The van der Waals surface area contributed by atoms with E-state index in [1.54, 1.807) is 0 Å². The zero-order valence-corrected chi connectivity index (χ0v) is 11.0. The SMILES string of the molecule is C=C(CNCCC)CN1C2CCC1CC(O)C2. The standard InChI is InChI=1S/C14H26N2O/c1-3-6-15-9-11(2)10-16-12-4-5-13(16)8-14(17)7-12/h12-15,17H,2-10H2,1H3. The molecule has 3 heteroatoms. The van der Waals surface area contributed by atoms with Crippen LogP contribution in [-0.2, 0) is 0 Å². The van der Waals surface area contributed by atoms with Crippen molar-refractivity contribution in [1.29, 1.82) is 0 Å². The van der Waals surface area contributed by atoms with Crippen LogP contribution in [-0.4, -0.2) is 47.8 Å². The maximum atomic E-state index is 9.75. The van der Waals surface area contributed by atoms with Crippen LogP contribution >= 0.6 is 0 Å². The Kier molecular flexibility index (Phi) is 4.60. The summed E-state index contributed by atoms with van der Waals surface area (Å²) in [5, 5.41) is 13.2. The van der Waals surface area contributed by atoms with E-state index in [2.05, 4.69) is 23.7 Å². The molecular formula is C14H26N2O. The molecule has 0 aliphatic carbocycles. The summed E-state index contributed by atoms with van der Waals surface area (Å²) in [5.41, 5.74) is 1.28. The largest absolute Gasteiger partial charge is 0.393 e. The molecule has 0 aromatic rings. The van der Waals surface area contributed by atoms with Crippen molar-refractivity contribution in [3.63, 3.8) is 0 Å². The number of aliphatic hydroxyl groups is 1. The minimum Gasteiger partial charge on any atom is -0.393 e. The fourth-order valence-electron chi connectivity index (χ4n) is 3.26. The van der Waals surface area contributed by atoms with Crippen LogP contribution < -0.4 is 5.32 Å².